The minimum absolute atomic E-state index is 0.0878. The molecule has 0 aliphatic rings. The van der Waals surface area contributed by atoms with Crippen LogP contribution in [-0.4, -0.2) is 23.1 Å². The Morgan fingerprint density at radius 3 is 2.36 bits per heavy atom. The lowest BCUT2D eigenvalue weighted by Crippen LogP contribution is -2.21. The molecule has 0 amide bonds. The average Bonchev–Trinajstić information content (AvgIpc) is 2.44. The van der Waals surface area contributed by atoms with E-state index in [0.29, 0.717) is 12.5 Å². The van der Waals surface area contributed by atoms with Gasteiger partial charge in [-0.2, -0.15) is 19.1 Å². The topological polar surface area (TPSA) is 102 Å². The minimum Gasteiger partial charge on any atom is -0.478 e. The molecule has 6 nitrogen and oxygen atoms in total. The van der Waals surface area contributed by atoms with Crippen LogP contribution in [-0.2, 0) is 11.0 Å². The first-order valence-electron chi connectivity index (χ1n) is 6.27. The molecule has 0 spiro atoms. The molecule has 4 N–H and O–H groups in total. The second kappa shape index (κ2) is 6.65. The van der Waals surface area contributed by atoms with Crippen LogP contribution in [0.2, 0.25) is 0 Å². The highest BCUT2D eigenvalue weighted by Crippen LogP contribution is 2.35. The van der Waals surface area contributed by atoms with E-state index >= 15 is 0 Å². The number of benzene rings is 1. The summed E-state index contributed by atoms with van der Waals surface area (Å²) >= 11 is 0. The number of hydrogen-bond donors (Lipinski definition) is 3. The number of nitrogens with one attached hydrogen (secondary N) is 1. The van der Waals surface area contributed by atoms with Crippen LogP contribution >= 0.6 is 0 Å². The van der Waals surface area contributed by atoms with Crippen molar-refractivity contribution in [3.63, 3.8) is 0 Å². The molecule has 0 aromatic heterocycles. The van der Waals surface area contributed by atoms with E-state index in [1.165, 1.54) is 0 Å². The van der Waals surface area contributed by atoms with Crippen LogP contribution in [0.3, 0.4) is 0 Å². The van der Waals surface area contributed by atoms with Crippen LogP contribution in [0.25, 0.3) is 0 Å². The Bertz CT molecular complexity index is 587. The van der Waals surface area contributed by atoms with Crippen molar-refractivity contribution in [2.24, 2.45) is 5.90 Å². The average molecular weight is 320 g/mol. The van der Waals surface area contributed by atoms with Crippen LogP contribution < -0.4 is 11.2 Å². The van der Waals surface area contributed by atoms with Crippen LogP contribution in [0.1, 0.15) is 46.5 Å². The van der Waals surface area contributed by atoms with Gasteiger partial charge in [0.2, 0.25) is 0 Å². The van der Waals surface area contributed by atoms with Crippen molar-refractivity contribution in [1.82, 2.24) is 0 Å². The van der Waals surface area contributed by atoms with E-state index in [9.17, 15) is 22.8 Å². The number of carboxylic acids is 1. The Morgan fingerprint density at radius 2 is 1.95 bits per heavy atom. The zero-order valence-electron chi connectivity index (χ0n) is 11.8. The van der Waals surface area contributed by atoms with Gasteiger partial charge < -0.3 is 15.3 Å². The number of halogens is 3. The number of aromatic carboxylic acids is 1. The van der Waals surface area contributed by atoms with Crippen LogP contribution in [0.5, 0.6) is 0 Å². The summed E-state index contributed by atoms with van der Waals surface area (Å²) in [6.45, 7) is 3.52. The van der Waals surface area contributed by atoms with Crippen molar-refractivity contribution < 1.29 is 32.7 Å². The molecule has 1 atom stereocenters. The number of carbonyl (C=O) groups excluding carboxylic acids is 1. The predicted octanol–water partition coefficient (Wildman–Crippen LogP) is 2.64. The van der Waals surface area contributed by atoms with E-state index in [2.05, 4.69) is 10.2 Å². The molecular weight excluding hydrogens is 305 g/mol. The van der Waals surface area contributed by atoms with Gasteiger partial charge in [-0.1, -0.05) is 6.92 Å². The smallest absolute Gasteiger partial charge is 0.417 e. The minimum atomic E-state index is -4.94. The fourth-order valence-corrected chi connectivity index (χ4v) is 1.73. The number of carbonyl (C=O) groups is 2. The fraction of sp³-hybridized carbons (Fsp3) is 0.385. The van der Waals surface area contributed by atoms with E-state index in [4.69, 9.17) is 11.0 Å². The lowest BCUT2D eigenvalue weighted by molar-refractivity contribution is -0.138. The van der Waals surface area contributed by atoms with Gasteiger partial charge in [0.25, 0.3) is 0 Å². The SMILES string of the molecule is CC[C@@H](C)Nc1cc(C(=O)O)c(C(F)(F)F)cc1C(=O)ON. The summed E-state index contributed by atoms with van der Waals surface area (Å²) in [5, 5.41) is 11.7. The number of rotatable bonds is 5. The molecule has 0 bridgehead atoms. The Kier molecular flexibility index (Phi) is 5.37. The first-order valence-corrected chi connectivity index (χ1v) is 6.27. The maximum Gasteiger partial charge on any atom is 0.417 e. The number of carboxylic acid groups (broad SMARTS) is 1. The van der Waals surface area contributed by atoms with Gasteiger partial charge in [-0.25, -0.2) is 9.59 Å². The molecule has 1 rings (SSSR count). The molecule has 0 heterocycles. The first kappa shape index (κ1) is 17.8. The zero-order valence-corrected chi connectivity index (χ0v) is 11.8. The lowest BCUT2D eigenvalue weighted by Gasteiger charge is -2.19. The van der Waals surface area contributed by atoms with Crippen molar-refractivity contribution in [3.8, 4) is 0 Å². The second-order valence-corrected chi connectivity index (χ2v) is 4.61. The molecule has 1 aromatic carbocycles. The summed E-state index contributed by atoms with van der Waals surface area (Å²) in [7, 11) is 0. The van der Waals surface area contributed by atoms with E-state index in [1.807, 2.05) is 0 Å². The van der Waals surface area contributed by atoms with Crippen molar-refractivity contribution in [1.29, 1.82) is 0 Å². The maximum atomic E-state index is 12.9. The number of nitrogens with two attached hydrogens (primary N) is 1. The summed E-state index contributed by atoms with van der Waals surface area (Å²) in [4.78, 5) is 26.6. The highest BCUT2D eigenvalue weighted by molar-refractivity contribution is 5.99. The van der Waals surface area contributed by atoms with Crippen molar-refractivity contribution >= 4 is 17.6 Å². The van der Waals surface area contributed by atoms with Gasteiger partial charge in [0.15, 0.2) is 0 Å². The standard InChI is InChI=1S/C13H15F3N2O4/c1-3-6(2)18-10-5-7(11(19)20)9(13(14,15)16)4-8(10)12(21)22-17/h4-6,18H,3,17H2,1-2H3,(H,19,20)/t6-/m1/s1. The number of anilines is 1. The van der Waals surface area contributed by atoms with Gasteiger partial charge in [-0.15, -0.1) is 0 Å². The molecule has 0 unspecified atom stereocenters. The monoisotopic (exact) mass is 320 g/mol. The summed E-state index contributed by atoms with van der Waals surface area (Å²) in [6, 6.07) is 0.968. The van der Waals surface area contributed by atoms with Gasteiger partial charge in [0, 0.05) is 11.7 Å². The summed E-state index contributed by atoms with van der Waals surface area (Å²) in [6.07, 6.45) is -4.34. The molecule has 22 heavy (non-hydrogen) atoms. The largest absolute Gasteiger partial charge is 0.478 e. The van der Waals surface area contributed by atoms with Gasteiger partial charge in [-0.3, -0.25) is 0 Å². The molecule has 0 aliphatic heterocycles. The quantitative estimate of drug-likeness (QED) is 0.721. The molecule has 0 aliphatic carbocycles. The Labute approximate surface area is 124 Å². The third-order valence-electron chi connectivity index (χ3n) is 3.03. The second-order valence-electron chi connectivity index (χ2n) is 4.61. The summed E-state index contributed by atoms with van der Waals surface area (Å²) in [5.41, 5.74) is -2.99. The normalized spacial score (nSPS) is 12.6. The molecule has 1 aromatic rings. The van der Waals surface area contributed by atoms with E-state index in [1.54, 1.807) is 13.8 Å². The van der Waals surface area contributed by atoms with E-state index in [0.717, 1.165) is 6.07 Å². The van der Waals surface area contributed by atoms with Crippen LogP contribution in [0.15, 0.2) is 12.1 Å². The Balaban J connectivity index is 3.58. The molecule has 9 heteroatoms. The van der Waals surface area contributed by atoms with E-state index < -0.39 is 34.8 Å². The van der Waals surface area contributed by atoms with Crippen molar-refractivity contribution in [3.05, 3.63) is 28.8 Å². The Hall–Kier alpha value is -2.29. The highest BCUT2D eigenvalue weighted by atomic mass is 19.4. The molecule has 122 valence electrons. The lowest BCUT2D eigenvalue weighted by atomic mass is 10.0. The zero-order chi connectivity index (χ0) is 17.1. The first-order chi connectivity index (χ1) is 10.1. The summed E-state index contributed by atoms with van der Waals surface area (Å²) in [5.74, 6) is 1.76. The predicted molar refractivity (Wildman–Crippen MR) is 71.4 cm³/mol. The molecule has 0 saturated carbocycles. The van der Waals surface area contributed by atoms with Crippen molar-refractivity contribution in [2.45, 2.75) is 32.5 Å². The highest BCUT2D eigenvalue weighted by Gasteiger charge is 2.37. The van der Waals surface area contributed by atoms with Crippen LogP contribution in [0.4, 0.5) is 18.9 Å². The fourth-order valence-electron chi connectivity index (χ4n) is 1.73. The third-order valence-corrected chi connectivity index (χ3v) is 3.03. The third kappa shape index (κ3) is 3.88. The number of alkyl halides is 3. The number of hydrogen-bond acceptors (Lipinski definition) is 5. The molecule has 0 radical (unpaired) electrons. The molecular formula is C13H15F3N2O4. The van der Waals surface area contributed by atoms with Crippen LogP contribution in [0, 0.1) is 0 Å². The van der Waals surface area contributed by atoms with Gasteiger partial charge in [0.05, 0.1) is 16.7 Å². The summed E-state index contributed by atoms with van der Waals surface area (Å²) < 4.78 is 38.8. The van der Waals surface area contributed by atoms with Crippen molar-refractivity contribution in [2.75, 3.05) is 5.32 Å². The van der Waals surface area contributed by atoms with Gasteiger partial charge in [-0.05, 0) is 25.5 Å². The van der Waals surface area contributed by atoms with Gasteiger partial charge >= 0.3 is 18.1 Å². The molecule has 0 saturated heterocycles. The molecule has 0 fully saturated rings. The Morgan fingerprint density at radius 1 is 1.36 bits per heavy atom. The van der Waals surface area contributed by atoms with E-state index in [-0.39, 0.29) is 11.7 Å². The van der Waals surface area contributed by atoms with Gasteiger partial charge in [0.1, 0.15) is 0 Å². The maximum absolute atomic E-state index is 12.9.